The van der Waals surface area contributed by atoms with E-state index in [4.69, 9.17) is 4.74 Å². The first-order valence-corrected chi connectivity index (χ1v) is 12.6. The normalized spacial score (nSPS) is 10.6. The Kier molecular flexibility index (Phi) is 8.26. The second-order valence-corrected chi connectivity index (χ2v) is 10.5. The number of hydrogen-bond donors (Lipinski definition) is 0. The van der Waals surface area contributed by atoms with Crippen molar-refractivity contribution in [1.82, 2.24) is 0 Å². The summed E-state index contributed by atoms with van der Waals surface area (Å²) in [7, 11) is 0. The largest absolute Gasteiger partial charge is 0.462 e. The fraction of sp³-hybridized carbons (Fsp3) is 0.179. The molecule has 0 bridgehead atoms. The number of rotatable bonds is 7. The highest BCUT2D eigenvalue weighted by molar-refractivity contribution is 7.97. The van der Waals surface area contributed by atoms with E-state index in [9.17, 15) is 9.59 Å². The minimum Gasteiger partial charge on any atom is -0.462 e. The van der Waals surface area contributed by atoms with Gasteiger partial charge in [-0.1, -0.05) is 104 Å². The first-order chi connectivity index (χ1) is 15.7. The van der Waals surface area contributed by atoms with E-state index in [-0.39, 0.29) is 11.9 Å². The van der Waals surface area contributed by atoms with Crippen molar-refractivity contribution in [3.8, 4) is 11.8 Å². The SMILES string of the molecule is CCCC#CC(=O)C(C(=O)OCC)=P(c1ccccc1)(c1ccccc1)c1ccccc1. The van der Waals surface area contributed by atoms with Gasteiger partial charge in [0.05, 0.1) is 6.61 Å². The quantitative estimate of drug-likeness (QED) is 0.182. The molecular formula is C28H27O3P. The summed E-state index contributed by atoms with van der Waals surface area (Å²) >= 11 is 0. The van der Waals surface area contributed by atoms with Crippen molar-refractivity contribution in [2.75, 3.05) is 6.61 Å². The maximum Gasteiger partial charge on any atom is 0.343 e. The number of Topliss-reactive ketones (excluding diaryl/α,β-unsaturated/α-hetero) is 1. The van der Waals surface area contributed by atoms with Gasteiger partial charge in [0.1, 0.15) is 5.29 Å². The summed E-state index contributed by atoms with van der Waals surface area (Å²) in [6, 6.07) is 29.3. The monoisotopic (exact) mass is 442 g/mol. The van der Waals surface area contributed by atoms with Crippen LogP contribution in [-0.2, 0) is 14.3 Å². The second-order valence-electron chi connectivity index (χ2n) is 7.13. The van der Waals surface area contributed by atoms with E-state index in [2.05, 4.69) is 11.8 Å². The Morgan fingerprint density at radius 2 is 1.19 bits per heavy atom. The van der Waals surface area contributed by atoms with Crippen LogP contribution in [0.2, 0.25) is 0 Å². The van der Waals surface area contributed by atoms with Gasteiger partial charge in [0.2, 0.25) is 5.78 Å². The molecule has 0 heterocycles. The molecule has 0 amide bonds. The number of carbonyl (C=O) groups is 2. The van der Waals surface area contributed by atoms with Crippen LogP contribution in [0.4, 0.5) is 0 Å². The molecule has 0 aliphatic rings. The van der Waals surface area contributed by atoms with Gasteiger partial charge in [-0.05, 0) is 42.1 Å². The predicted molar refractivity (Wildman–Crippen MR) is 134 cm³/mol. The number of hydrogen-bond acceptors (Lipinski definition) is 3. The molecule has 0 fully saturated rings. The van der Waals surface area contributed by atoms with Crippen LogP contribution in [0.3, 0.4) is 0 Å². The average molecular weight is 442 g/mol. The number of ether oxygens (including phenoxy) is 1. The van der Waals surface area contributed by atoms with Crippen molar-refractivity contribution in [3.05, 3.63) is 91.0 Å². The number of benzene rings is 3. The molecule has 3 rings (SSSR count). The molecule has 3 aromatic carbocycles. The lowest BCUT2D eigenvalue weighted by molar-refractivity contribution is -0.135. The fourth-order valence-corrected chi connectivity index (χ4v) is 7.92. The van der Waals surface area contributed by atoms with E-state index in [0.29, 0.717) is 6.42 Å². The Balaban J connectivity index is 2.58. The molecule has 0 unspecified atom stereocenters. The lowest BCUT2D eigenvalue weighted by atomic mass is 10.2. The molecule has 0 aliphatic heterocycles. The van der Waals surface area contributed by atoms with Gasteiger partial charge in [-0.15, -0.1) is 0 Å². The number of ketones is 1. The molecule has 0 atom stereocenters. The molecule has 0 aliphatic carbocycles. The highest BCUT2D eigenvalue weighted by Gasteiger charge is 2.37. The van der Waals surface area contributed by atoms with E-state index >= 15 is 0 Å². The molecule has 32 heavy (non-hydrogen) atoms. The van der Waals surface area contributed by atoms with E-state index in [1.54, 1.807) is 6.92 Å². The van der Waals surface area contributed by atoms with Crippen LogP contribution in [0.25, 0.3) is 0 Å². The minimum absolute atomic E-state index is 0.117. The lowest BCUT2D eigenvalue weighted by Gasteiger charge is -2.30. The van der Waals surface area contributed by atoms with Crippen LogP contribution in [-0.4, -0.2) is 23.7 Å². The molecule has 0 saturated heterocycles. The van der Waals surface area contributed by atoms with Crippen LogP contribution >= 0.6 is 6.89 Å². The first-order valence-electron chi connectivity index (χ1n) is 10.8. The highest BCUT2D eigenvalue weighted by Crippen LogP contribution is 2.46. The van der Waals surface area contributed by atoms with Gasteiger partial charge in [-0.3, -0.25) is 4.79 Å². The highest BCUT2D eigenvalue weighted by atomic mass is 31.2. The number of esters is 1. The Morgan fingerprint density at radius 3 is 1.56 bits per heavy atom. The van der Waals surface area contributed by atoms with Gasteiger partial charge in [-0.2, -0.15) is 0 Å². The summed E-state index contributed by atoms with van der Waals surface area (Å²) in [5.41, 5.74) is 0. The summed E-state index contributed by atoms with van der Waals surface area (Å²) in [6.45, 7) is 1.06. The van der Waals surface area contributed by atoms with Crippen LogP contribution in [0.15, 0.2) is 91.0 Å². The Labute approximate surface area is 190 Å². The maximum absolute atomic E-state index is 13.6. The first kappa shape index (κ1) is 23.3. The molecule has 0 spiro atoms. The van der Waals surface area contributed by atoms with Gasteiger partial charge in [0, 0.05) is 6.42 Å². The molecule has 3 aromatic rings. The van der Waals surface area contributed by atoms with Crippen LogP contribution in [0, 0.1) is 11.8 Å². The zero-order valence-corrected chi connectivity index (χ0v) is 19.3. The molecule has 0 radical (unpaired) electrons. The number of carbonyl (C=O) groups excluding carboxylic acids is 2. The smallest absolute Gasteiger partial charge is 0.343 e. The summed E-state index contributed by atoms with van der Waals surface area (Å²) < 4.78 is 5.47. The summed E-state index contributed by atoms with van der Waals surface area (Å²) in [5.74, 6) is 4.59. The van der Waals surface area contributed by atoms with Crippen molar-refractivity contribution in [2.24, 2.45) is 0 Å². The minimum atomic E-state index is -2.86. The van der Waals surface area contributed by atoms with E-state index in [1.807, 2.05) is 97.9 Å². The third-order valence-electron chi connectivity index (χ3n) is 5.03. The lowest BCUT2D eigenvalue weighted by Crippen LogP contribution is -2.38. The second kappa shape index (κ2) is 11.3. The zero-order valence-electron chi connectivity index (χ0n) is 18.5. The molecule has 0 aromatic heterocycles. The van der Waals surface area contributed by atoms with Gasteiger partial charge < -0.3 is 4.74 Å². The van der Waals surface area contributed by atoms with Gasteiger partial charge in [0.15, 0.2) is 0 Å². The van der Waals surface area contributed by atoms with Crippen molar-refractivity contribution >= 4 is 39.8 Å². The zero-order chi connectivity index (χ0) is 22.8. The van der Waals surface area contributed by atoms with E-state index < -0.39 is 18.6 Å². The number of unbranched alkanes of at least 4 members (excludes halogenated alkanes) is 1. The molecule has 4 heteroatoms. The van der Waals surface area contributed by atoms with Gasteiger partial charge in [0.25, 0.3) is 0 Å². The fourth-order valence-electron chi connectivity index (χ4n) is 3.70. The van der Waals surface area contributed by atoms with E-state index in [1.165, 1.54) is 0 Å². The standard InChI is InChI=1S/C28H27O3P/c1-3-5-9-22-26(29)27(28(30)31-4-2)32(23-16-10-6-11-17-23,24-18-12-7-13-19-24)25-20-14-8-15-21-25/h6-8,10-21H,3-5H2,1-2H3. The van der Waals surface area contributed by atoms with Gasteiger partial charge in [-0.25, -0.2) is 4.79 Å². The molecule has 0 saturated carbocycles. The third-order valence-corrected chi connectivity index (χ3v) is 9.30. The van der Waals surface area contributed by atoms with Crippen molar-refractivity contribution in [3.63, 3.8) is 0 Å². The summed E-state index contributed by atoms with van der Waals surface area (Å²) in [6.07, 6.45) is 1.43. The molecule has 3 nitrogen and oxygen atoms in total. The van der Waals surface area contributed by atoms with Crippen LogP contribution < -0.4 is 15.9 Å². The summed E-state index contributed by atoms with van der Waals surface area (Å²) in [5, 5.41) is 2.84. The Hall–Kier alpha value is -3.34. The average Bonchev–Trinajstić information content (AvgIpc) is 2.84. The van der Waals surface area contributed by atoms with Crippen LogP contribution in [0.5, 0.6) is 0 Å². The van der Waals surface area contributed by atoms with Crippen molar-refractivity contribution in [1.29, 1.82) is 0 Å². The third kappa shape index (κ3) is 4.77. The van der Waals surface area contributed by atoms with Gasteiger partial charge >= 0.3 is 5.97 Å². The topological polar surface area (TPSA) is 43.4 Å². The Morgan fingerprint density at radius 1 is 0.750 bits per heavy atom. The maximum atomic E-state index is 13.6. The molecule has 0 N–H and O–H groups in total. The van der Waals surface area contributed by atoms with Crippen molar-refractivity contribution < 1.29 is 14.3 Å². The van der Waals surface area contributed by atoms with Crippen molar-refractivity contribution in [2.45, 2.75) is 26.7 Å². The molecule has 162 valence electrons. The molecular weight excluding hydrogens is 415 g/mol. The summed E-state index contributed by atoms with van der Waals surface area (Å²) in [4.78, 5) is 27.1. The van der Waals surface area contributed by atoms with E-state index in [0.717, 1.165) is 22.3 Å². The van der Waals surface area contributed by atoms with Crippen LogP contribution in [0.1, 0.15) is 26.7 Å². The Bertz CT molecular complexity index is 1070. The predicted octanol–water partition coefficient (Wildman–Crippen LogP) is 4.09.